The van der Waals surface area contributed by atoms with Crippen molar-refractivity contribution in [3.63, 3.8) is 0 Å². The molecule has 2 nitrogen and oxygen atoms in total. The van der Waals surface area contributed by atoms with Crippen LogP contribution in [0.3, 0.4) is 0 Å². The highest BCUT2D eigenvalue weighted by Crippen LogP contribution is 2.52. The fourth-order valence-electron chi connectivity index (χ4n) is 4.22. The Hall–Kier alpha value is -1.36. The molecule has 29 heavy (non-hydrogen) atoms. The molecule has 2 atom stereocenters. The molecule has 1 aliphatic carbocycles. The number of nitrogens with one attached hydrogen (secondary N) is 1. The van der Waals surface area contributed by atoms with Gasteiger partial charge in [-0.2, -0.15) is 13.2 Å². The molecule has 6 heteroatoms. The fourth-order valence-corrected chi connectivity index (χ4v) is 4.48. The summed E-state index contributed by atoms with van der Waals surface area (Å²) < 4.78 is 45.8. The quantitative estimate of drug-likeness (QED) is 0.387. The molecular weight excluding hydrogens is 399 g/mol. The standard InChI is InChI=1S/C23H33ClF3NO/c1-6-8-10-16(9-7-2)21(22(4)13-14-22)28-15(3)17-11-12-18(24)19(20(17)29-5)23(25,26)27/h11-12,16,21,28H,3,6-10,13-14H2,1-2,4-5H3. The third kappa shape index (κ3) is 5.62. The summed E-state index contributed by atoms with van der Waals surface area (Å²) >= 11 is 5.86. The predicted octanol–water partition coefficient (Wildman–Crippen LogP) is 7.70. The number of unbranched alkanes of at least 4 members (excludes halogenated alkanes) is 1. The van der Waals surface area contributed by atoms with E-state index in [0.717, 1.165) is 44.9 Å². The van der Waals surface area contributed by atoms with Gasteiger partial charge in [0, 0.05) is 17.3 Å². The van der Waals surface area contributed by atoms with Crippen LogP contribution in [0.1, 0.15) is 76.8 Å². The van der Waals surface area contributed by atoms with Crippen molar-refractivity contribution >= 4 is 17.3 Å². The van der Waals surface area contributed by atoms with Crippen LogP contribution in [0.2, 0.25) is 5.02 Å². The largest absolute Gasteiger partial charge is 0.495 e. The van der Waals surface area contributed by atoms with Crippen molar-refractivity contribution < 1.29 is 17.9 Å². The molecule has 0 saturated heterocycles. The number of methoxy groups -OCH3 is 1. The highest BCUT2D eigenvalue weighted by Gasteiger charge is 2.48. The van der Waals surface area contributed by atoms with Crippen LogP contribution < -0.4 is 10.1 Å². The van der Waals surface area contributed by atoms with Crippen molar-refractivity contribution in [1.29, 1.82) is 0 Å². The first-order chi connectivity index (χ1) is 13.6. The van der Waals surface area contributed by atoms with E-state index in [1.165, 1.54) is 13.2 Å². The first-order valence-corrected chi connectivity index (χ1v) is 10.9. The second kappa shape index (κ2) is 9.63. The minimum absolute atomic E-state index is 0.156. The average Bonchev–Trinajstić information content (AvgIpc) is 3.40. The Morgan fingerprint density at radius 3 is 2.38 bits per heavy atom. The van der Waals surface area contributed by atoms with Crippen molar-refractivity contribution in [2.24, 2.45) is 11.3 Å². The van der Waals surface area contributed by atoms with E-state index >= 15 is 0 Å². The summed E-state index contributed by atoms with van der Waals surface area (Å²) in [6.45, 7) is 10.7. The Labute approximate surface area is 177 Å². The molecule has 1 N–H and O–H groups in total. The minimum Gasteiger partial charge on any atom is -0.495 e. The van der Waals surface area contributed by atoms with Crippen LogP contribution in [0.25, 0.3) is 5.70 Å². The molecule has 0 aromatic heterocycles. The molecule has 2 rings (SSSR count). The zero-order valence-corrected chi connectivity index (χ0v) is 18.6. The van der Waals surface area contributed by atoms with E-state index in [0.29, 0.717) is 17.2 Å². The SMILES string of the molecule is C=C(NC(C(CCC)CCCC)C1(C)CC1)c1ccc(Cl)c(C(F)(F)F)c1OC. The number of benzene rings is 1. The molecule has 164 valence electrons. The number of hydrogen-bond acceptors (Lipinski definition) is 2. The molecule has 0 radical (unpaired) electrons. The molecule has 0 aliphatic heterocycles. The number of alkyl halides is 3. The third-order valence-corrected chi connectivity index (χ3v) is 6.41. The second-order valence-electron chi connectivity index (χ2n) is 8.45. The van der Waals surface area contributed by atoms with E-state index in [2.05, 4.69) is 32.7 Å². The van der Waals surface area contributed by atoms with Gasteiger partial charge in [-0.15, -0.1) is 0 Å². The lowest BCUT2D eigenvalue weighted by Crippen LogP contribution is -2.41. The van der Waals surface area contributed by atoms with Gasteiger partial charge >= 0.3 is 6.18 Å². The van der Waals surface area contributed by atoms with E-state index in [1.807, 2.05) is 0 Å². The summed E-state index contributed by atoms with van der Waals surface area (Å²) in [6, 6.07) is 3.00. The number of halogens is 4. The summed E-state index contributed by atoms with van der Waals surface area (Å²) in [4.78, 5) is 0. The lowest BCUT2D eigenvalue weighted by atomic mass is 9.80. The number of ether oxygens (including phenoxy) is 1. The Morgan fingerprint density at radius 2 is 1.90 bits per heavy atom. The van der Waals surface area contributed by atoms with Gasteiger partial charge in [-0.3, -0.25) is 0 Å². The molecule has 0 amide bonds. The van der Waals surface area contributed by atoms with Gasteiger partial charge in [0.1, 0.15) is 11.3 Å². The molecule has 2 unspecified atom stereocenters. The van der Waals surface area contributed by atoms with E-state index in [9.17, 15) is 13.2 Å². The van der Waals surface area contributed by atoms with E-state index in [-0.39, 0.29) is 22.2 Å². The zero-order valence-electron chi connectivity index (χ0n) is 17.9. The smallest absolute Gasteiger partial charge is 0.421 e. The van der Waals surface area contributed by atoms with Crippen molar-refractivity contribution in [2.75, 3.05) is 7.11 Å². The van der Waals surface area contributed by atoms with Crippen LogP contribution in [-0.4, -0.2) is 13.2 Å². The van der Waals surface area contributed by atoms with Gasteiger partial charge in [-0.25, -0.2) is 0 Å². The summed E-state index contributed by atoms with van der Waals surface area (Å²) in [7, 11) is 1.23. The highest BCUT2D eigenvalue weighted by molar-refractivity contribution is 6.31. The minimum atomic E-state index is -4.60. The first kappa shape index (κ1) is 23.9. The molecule has 0 bridgehead atoms. The van der Waals surface area contributed by atoms with E-state index in [4.69, 9.17) is 16.3 Å². The highest BCUT2D eigenvalue weighted by atomic mass is 35.5. The Bertz CT molecular complexity index is 713. The average molecular weight is 432 g/mol. The third-order valence-electron chi connectivity index (χ3n) is 6.10. The van der Waals surface area contributed by atoms with Crippen molar-refractivity contribution in [1.82, 2.24) is 5.32 Å². The summed E-state index contributed by atoms with van der Waals surface area (Å²) in [5, 5.41) is 3.15. The Kier molecular flexibility index (Phi) is 7.94. The molecule has 1 aliphatic rings. The molecule has 0 heterocycles. The molecule has 1 saturated carbocycles. The van der Waals surface area contributed by atoms with E-state index in [1.54, 1.807) is 6.07 Å². The molecular formula is C23H33ClF3NO. The van der Waals surface area contributed by atoms with Gasteiger partial charge in [0.05, 0.1) is 12.1 Å². The van der Waals surface area contributed by atoms with Crippen LogP contribution in [0, 0.1) is 11.3 Å². The predicted molar refractivity (Wildman–Crippen MR) is 114 cm³/mol. The summed E-state index contributed by atoms with van der Waals surface area (Å²) in [6.07, 6.45) is 3.19. The second-order valence-corrected chi connectivity index (χ2v) is 8.85. The van der Waals surface area contributed by atoms with Gasteiger partial charge < -0.3 is 10.1 Å². The monoisotopic (exact) mass is 431 g/mol. The van der Waals surface area contributed by atoms with Crippen molar-refractivity contribution in [3.8, 4) is 5.75 Å². The Morgan fingerprint density at radius 1 is 1.24 bits per heavy atom. The maximum absolute atomic E-state index is 13.6. The molecule has 1 aromatic carbocycles. The lowest BCUT2D eigenvalue weighted by molar-refractivity contribution is -0.138. The van der Waals surface area contributed by atoms with Crippen molar-refractivity contribution in [3.05, 3.63) is 34.9 Å². The molecule has 1 fully saturated rings. The Balaban J connectivity index is 2.37. The maximum atomic E-state index is 13.6. The van der Waals surface area contributed by atoms with Gasteiger partial charge in [0.15, 0.2) is 0 Å². The van der Waals surface area contributed by atoms with Crippen LogP contribution >= 0.6 is 11.6 Å². The van der Waals surface area contributed by atoms with Gasteiger partial charge in [-0.1, -0.05) is 58.2 Å². The van der Waals surface area contributed by atoms with Crippen molar-refractivity contribution in [2.45, 2.75) is 77.9 Å². The van der Waals surface area contributed by atoms with Crippen LogP contribution in [-0.2, 0) is 6.18 Å². The van der Waals surface area contributed by atoms with Crippen LogP contribution in [0.4, 0.5) is 13.2 Å². The topological polar surface area (TPSA) is 21.3 Å². The van der Waals surface area contributed by atoms with E-state index < -0.39 is 11.7 Å². The van der Waals surface area contributed by atoms with Gasteiger partial charge in [0.2, 0.25) is 0 Å². The summed E-state index contributed by atoms with van der Waals surface area (Å²) in [5.74, 6) is 0.187. The van der Waals surface area contributed by atoms with Crippen LogP contribution in [0.5, 0.6) is 5.75 Å². The maximum Gasteiger partial charge on any atom is 0.421 e. The normalized spacial score (nSPS) is 17.5. The molecule has 1 aromatic rings. The first-order valence-electron chi connectivity index (χ1n) is 10.5. The zero-order chi connectivity index (χ0) is 21.8. The van der Waals surface area contributed by atoms with Gasteiger partial charge in [0.25, 0.3) is 0 Å². The van der Waals surface area contributed by atoms with Gasteiger partial charge in [-0.05, 0) is 49.1 Å². The van der Waals surface area contributed by atoms with Crippen LogP contribution in [0.15, 0.2) is 18.7 Å². The lowest BCUT2D eigenvalue weighted by Gasteiger charge is -2.35. The summed E-state index contributed by atoms with van der Waals surface area (Å²) in [5.41, 5.74) is -0.0281. The number of rotatable bonds is 11. The molecule has 0 spiro atoms. The number of hydrogen-bond donors (Lipinski definition) is 1. The fraction of sp³-hybridized carbons (Fsp3) is 0.652.